The Morgan fingerprint density at radius 2 is 1.90 bits per heavy atom. The number of nitro groups is 1. The number of carbonyl (C=O) groups is 1. The number of nitrogens with zero attached hydrogens (tertiary/aromatic N) is 3. The van der Waals surface area contributed by atoms with Gasteiger partial charge in [-0.1, -0.05) is 54.2 Å². The summed E-state index contributed by atoms with van der Waals surface area (Å²) in [5.41, 5.74) is 2.26. The molecule has 0 saturated carbocycles. The first-order chi connectivity index (χ1) is 14.9. The largest absolute Gasteiger partial charge is 0.411 e. The van der Waals surface area contributed by atoms with E-state index in [0.717, 1.165) is 33.7 Å². The van der Waals surface area contributed by atoms with Gasteiger partial charge in [0.1, 0.15) is 5.69 Å². The Labute approximate surface area is 181 Å². The van der Waals surface area contributed by atoms with Crippen LogP contribution in [0.3, 0.4) is 0 Å². The molecule has 0 aliphatic carbocycles. The summed E-state index contributed by atoms with van der Waals surface area (Å²) in [7, 11) is 0. The predicted molar refractivity (Wildman–Crippen MR) is 119 cm³/mol. The summed E-state index contributed by atoms with van der Waals surface area (Å²) in [6.45, 7) is 3.49. The van der Waals surface area contributed by atoms with Gasteiger partial charge in [0.15, 0.2) is 0 Å². The molecule has 9 heteroatoms. The molecule has 4 aromatic rings. The van der Waals surface area contributed by atoms with E-state index in [1.165, 1.54) is 6.07 Å². The van der Waals surface area contributed by atoms with Crippen molar-refractivity contribution in [2.75, 3.05) is 11.1 Å². The summed E-state index contributed by atoms with van der Waals surface area (Å²) in [5.74, 6) is -0.0588. The summed E-state index contributed by atoms with van der Waals surface area (Å²) in [4.78, 5) is 23.2. The molecular weight excluding hydrogens is 416 g/mol. The first kappa shape index (κ1) is 20.5. The highest BCUT2D eigenvalue weighted by Gasteiger charge is 2.20. The van der Waals surface area contributed by atoms with Crippen molar-refractivity contribution in [3.05, 3.63) is 75.8 Å². The van der Waals surface area contributed by atoms with Gasteiger partial charge in [-0.15, -0.1) is 10.2 Å². The number of anilines is 1. The fourth-order valence-electron chi connectivity index (χ4n) is 3.34. The number of nitro benzene ring substituents is 1. The third-order valence-corrected chi connectivity index (χ3v) is 5.49. The molecule has 1 heterocycles. The minimum Gasteiger partial charge on any atom is -0.411 e. The molecule has 0 bridgehead atoms. The van der Waals surface area contributed by atoms with Crippen LogP contribution in [0.4, 0.5) is 11.4 Å². The molecule has 4 rings (SSSR count). The van der Waals surface area contributed by atoms with Crippen LogP contribution in [0.1, 0.15) is 11.1 Å². The molecule has 8 nitrogen and oxygen atoms in total. The van der Waals surface area contributed by atoms with Crippen LogP contribution in [0.15, 0.2) is 64.2 Å². The molecule has 1 amide bonds. The van der Waals surface area contributed by atoms with Crippen molar-refractivity contribution < 1.29 is 14.1 Å². The number of aryl methyl sites for hydroxylation is 2. The summed E-state index contributed by atoms with van der Waals surface area (Å²) < 4.78 is 5.73. The number of thioether (sulfide) groups is 1. The molecule has 156 valence electrons. The zero-order valence-corrected chi connectivity index (χ0v) is 17.6. The molecule has 0 aliphatic rings. The van der Waals surface area contributed by atoms with E-state index in [9.17, 15) is 14.9 Å². The number of hydrogen-bond donors (Lipinski definition) is 1. The molecule has 0 fully saturated rings. The van der Waals surface area contributed by atoms with Crippen molar-refractivity contribution in [2.24, 2.45) is 0 Å². The first-order valence-corrected chi connectivity index (χ1v) is 10.4. The Bertz CT molecular complexity index is 1300. The van der Waals surface area contributed by atoms with E-state index in [1.54, 1.807) is 19.9 Å². The summed E-state index contributed by atoms with van der Waals surface area (Å²) in [6, 6.07) is 16.9. The Balaban J connectivity index is 1.47. The molecule has 1 aromatic heterocycles. The lowest BCUT2D eigenvalue weighted by molar-refractivity contribution is -0.384. The zero-order valence-electron chi connectivity index (χ0n) is 16.8. The van der Waals surface area contributed by atoms with Gasteiger partial charge in [0.05, 0.1) is 10.7 Å². The number of carbonyl (C=O) groups excluding carboxylic acids is 1. The lowest BCUT2D eigenvalue weighted by atomic mass is 10.0. The van der Waals surface area contributed by atoms with Gasteiger partial charge in [-0.2, -0.15) is 0 Å². The lowest BCUT2D eigenvalue weighted by Crippen LogP contribution is -2.16. The van der Waals surface area contributed by atoms with Crippen molar-refractivity contribution in [1.29, 1.82) is 0 Å². The number of benzene rings is 3. The third kappa shape index (κ3) is 4.41. The molecule has 0 spiro atoms. The van der Waals surface area contributed by atoms with Crippen molar-refractivity contribution in [3.8, 4) is 11.5 Å². The quantitative estimate of drug-likeness (QED) is 0.254. The molecular formula is C22H18N4O4S. The topological polar surface area (TPSA) is 111 Å². The SMILES string of the molecule is Cc1cc(C)c(NC(=O)CSc2nnc(-c3cccc4ccccc34)o2)c([N+](=O)[O-])c1. The highest BCUT2D eigenvalue weighted by Crippen LogP contribution is 2.31. The number of amides is 1. The van der Waals surface area contributed by atoms with Gasteiger partial charge in [0.2, 0.25) is 11.8 Å². The van der Waals surface area contributed by atoms with Crippen LogP contribution < -0.4 is 5.32 Å². The molecule has 0 radical (unpaired) electrons. The monoisotopic (exact) mass is 434 g/mol. The number of fused-ring (bicyclic) bond motifs is 1. The smallest absolute Gasteiger partial charge is 0.293 e. The average Bonchev–Trinajstić information content (AvgIpc) is 3.22. The maximum absolute atomic E-state index is 12.4. The summed E-state index contributed by atoms with van der Waals surface area (Å²) >= 11 is 1.07. The van der Waals surface area contributed by atoms with Gasteiger partial charge in [-0.25, -0.2) is 0 Å². The summed E-state index contributed by atoms with van der Waals surface area (Å²) in [6.07, 6.45) is 0. The second kappa shape index (κ2) is 8.57. The Morgan fingerprint density at radius 3 is 2.71 bits per heavy atom. The van der Waals surface area contributed by atoms with Gasteiger partial charge in [-0.3, -0.25) is 14.9 Å². The highest BCUT2D eigenvalue weighted by atomic mass is 32.2. The van der Waals surface area contributed by atoms with Gasteiger partial charge < -0.3 is 9.73 Å². The molecule has 3 aromatic carbocycles. The van der Waals surface area contributed by atoms with Crippen LogP contribution in [0.25, 0.3) is 22.2 Å². The van der Waals surface area contributed by atoms with Gasteiger partial charge in [0, 0.05) is 11.6 Å². The van der Waals surface area contributed by atoms with Crippen LogP contribution in [0, 0.1) is 24.0 Å². The van der Waals surface area contributed by atoms with Crippen LogP contribution in [-0.2, 0) is 4.79 Å². The third-order valence-electron chi connectivity index (χ3n) is 4.67. The maximum Gasteiger partial charge on any atom is 0.293 e. The number of rotatable bonds is 6. The first-order valence-electron chi connectivity index (χ1n) is 9.42. The second-order valence-corrected chi connectivity index (χ2v) is 7.90. The standard InChI is InChI=1S/C22H18N4O4S/c1-13-10-14(2)20(18(11-13)26(28)29)23-19(27)12-31-22-25-24-21(30-22)17-9-5-7-15-6-3-4-8-16(15)17/h3-11H,12H2,1-2H3,(H,23,27). The van der Waals surface area contributed by atoms with Crippen molar-refractivity contribution in [1.82, 2.24) is 10.2 Å². The van der Waals surface area contributed by atoms with Crippen LogP contribution in [0.2, 0.25) is 0 Å². The van der Waals surface area contributed by atoms with E-state index >= 15 is 0 Å². The van der Waals surface area contributed by atoms with E-state index in [1.807, 2.05) is 42.5 Å². The highest BCUT2D eigenvalue weighted by molar-refractivity contribution is 7.99. The fourth-order valence-corrected chi connectivity index (χ4v) is 3.91. The minimum atomic E-state index is -0.503. The lowest BCUT2D eigenvalue weighted by Gasteiger charge is -2.09. The maximum atomic E-state index is 12.4. The van der Waals surface area contributed by atoms with Crippen molar-refractivity contribution in [3.63, 3.8) is 0 Å². The zero-order chi connectivity index (χ0) is 22.0. The number of hydrogen-bond acceptors (Lipinski definition) is 7. The fraction of sp³-hybridized carbons (Fsp3) is 0.136. The van der Waals surface area contributed by atoms with Gasteiger partial charge in [0.25, 0.3) is 10.9 Å². The number of aromatic nitrogens is 2. The van der Waals surface area contributed by atoms with Crippen LogP contribution in [-0.4, -0.2) is 26.8 Å². The Hall–Kier alpha value is -3.72. The molecule has 0 atom stereocenters. The molecule has 1 N–H and O–H groups in total. The average molecular weight is 434 g/mol. The normalized spacial score (nSPS) is 10.9. The molecule has 0 unspecified atom stereocenters. The second-order valence-electron chi connectivity index (χ2n) is 6.97. The van der Waals surface area contributed by atoms with Crippen LogP contribution >= 0.6 is 11.8 Å². The van der Waals surface area contributed by atoms with E-state index in [2.05, 4.69) is 15.5 Å². The Kier molecular flexibility index (Phi) is 5.68. The van der Waals surface area contributed by atoms with Gasteiger partial charge >= 0.3 is 0 Å². The Morgan fingerprint density at radius 1 is 1.13 bits per heavy atom. The minimum absolute atomic E-state index is 0.0261. The summed E-state index contributed by atoms with van der Waals surface area (Å²) in [5, 5.41) is 24.4. The molecule has 0 saturated heterocycles. The van der Waals surface area contributed by atoms with E-state index in [4.69, 9.17) is 4.42 Å². The molecule has 0 aliphatic heterocycles. The molecule has 31 heavy (non-hydrogen) atoms. The van der Waals surface area contributed by atoms with Crippen LogP contribution in [0.5, 0.6) is 0 Å². The predicted octanol–water partition coefficient (Wildman–Crippen LogP) is 5.15. The van der Waals surface area contributed by atoms with Gasteiger partial charge in [-0.05, 0) is 41.8 Å². The van der Waals surface area contributed by atoms with Crippen molar-refractivity contribution >= 4 is 39.8 Å². The van der Waals surface area contributed by atoms with Crippen molar-refractivity contribution in [2.45, 2.75) is 19.1 Å². The van der Waals surface area contributed by atoms with E-state index in [-0.39, 0.29) is 22.4 Å². The van der Waals surface area contributed by atoms with E-state index < -0.39 is 10.8 Å². The van der Waals surface area contributed by atoms with E-state index in [0.29, 0.717) is 11.5 Å². The number of nitrogens with one attached hydrogen (secondary N) is 1.